The first-order valence-corrected chi connectivity index (χ1v) is 8.45. The summed E-state index contributed by atoms with van der Waals surface area (Å²) in [7, 11) is 0. The fourth-order valence-corrected chi connectivity index (χ4v) is 4.50. The zero-order chi connectivity index (χ0) is 16.1. The molecule has 0 spiro atoms. The van der Waals surface area contributed by atoms with Crippen LogP contribution in [0.3, 0.4) is 0 Å². The largest absolute Gasteiger partial charge is 0.388 e. The summed E-state index contributed by atoms with van der Waals surface area (Å²) in [5.41, 5.74) is -1.38. The maximum atomic E-state index is 14.3. The first-order chi connectivity index (χ1) is 10.3. The second kappa shape index (κ2) is 5.39. The van der Waals surface area contributed by atoms with Gasteiger partial charge in [0.2, 0.25) is 0 Å². The van der Waals surface area contributed by atoms with E-state index in [9.17, 15) is 14.6 Å². The normalized spacial score (nSPS) is 33.0. The van der Waals surface area contributed by atoms with Crippen molar-refractivity contribution < 1.29 is 14.6 Å². The fourth-order valence-electron chi connectivity index (χ4n) is 3.82. The molecule has 1 aromatic carbocycles. The number of nitrogens with zero attached hydrogens (tertiary/aromatic N) is 1. The van der Waals surface area contributed by atoms with Crippen molar-refractivity contribution in [2.24, 2.45) is 16.3 Å². The van der Waals surface area contributed by atoms with Crippen LogP contribution in [-0.2, 0) is 5.60 Å². The maximum absolute atomic E-state index is 14.3. The summed E-state index contributed by atoms with van der Waals surface area (Å²) >= 11 is 3.44. The third-order valence-corrected chi connectivity index (χ3v) is 6.06. The molecule has 2 aliphatic rings. The molecule has 3 unspecified atom stereocenters. The van der Waals surface area contributed by atoms with Crippen LogP contribution in [0.1, 0.15) is 50.3 Å². The molecule has 0 aromatic heterocycles. The molecule has 3 atom stereocenters. The van der Waals surface area contributed by atoms with Gasteiger partial charge in [-0.3, -0.25) is 4.99 Å². The number of hydrogen-bond donors (Lipinski definition) is 2. The lowest BCUT2D eigenvalue weighted by atomic mass is 9.69. The Hall–Kier alpha value is -0.780. The van der Waals surface area contributed by atoms with Crippen LogP contribution < -0.4 is 0 Å². The maximum Gasteiger partial charge on any atom is 0.129 e. The highest BCUT2D eigenvalue weighted by Crippen LogP contribution is 2.61. The first kappa shape index (κ1) is 16.1. The number of aliphatic hydroxyl groups excluding tert-OH is 1. The Balaban J connectivity index is 2.10. The highest BCUT2D eigenvalue weighted by molar-refractivity contribution is 9.10. The van der Waals surface area contributed by atoms with Crippen molar-refractivity contribution in [2.75, 3.05) is 6.54 Å². The van der Waals surface area contributed by atoms with Gasteiger partial charge in [-0.2, -0.15) is 0 Å². The molecular formula is C17H21BrFNO2. The Labute approximate surface area is 138 Å². The topological polar surface area (TPSA) is 52.8 Å². The molecule has 1 aliphatic carbocycles. The summed E-state index contributed by atoms with van der Waals surface area (Å²) in [5.74, 6) is -0.171. The third kappa shape index (κ3) is 2.17. The van der Waals surface area contributed by atoms with Crippen molar-refractivity contribution >= 4 is 22.1 Å². The van der Waals surface area contributed by atoms with Crippen molar-refractivity contribution in [3.05, 3.63) is 33.5 Å². The molecule has 0 saturated heterocycles. The van der Waals surface area contributed by atoms with Gasteiger partial charge in [0.1, 0.15) is 5.82 Å². The number of halogens is 2. The van der Waals surface area contributed by atoms with Crippen molar-refractivity contribution in [1.29, 1.82) is 0 Å². The van der Waals surface area contributed by atoms with Crippen LogP contribution in [0.25, 0.3) is 0 Å². The minimum atomic E-state index is -1.27. The molecule has 3 rings (SSSR count). The lowest BCUT2D eigenvalue weighted by Gasteiger charge is -2.41. The average molecular weight is 370 g/mol. The van der Waals surface area contributed by atoms with Crippen LogP contribution in [0.2, 0.25) is 0 Å². The van der Waals surface area contributed by atoms with Crippen molar-refractivity contribution in [3.63, 3.8) is 0 Å². The van der Waals surface area contributed by atoms with Gasteiger partial charge in [-0.05, 0) is 43.5 Å². The molecule has 22 heavy (non-hydrogen) atoms. The van der Waals surface area contributed by atoms with E-state index in [2.05, 4.69) is 20.9 Å². The molecule has 0 fully saturated rings. The Morgan fingerprint density at radius 1 is 1.41 bits per heavy atom. The van der Waals surface area contributed by atoms with Crippen molar-refractivity contribution in [1.82, 2.24) is 0 Å². The Kier molecular flexibility index (Phi) is 3.94. The summed E-state index contributed by atoms with van der Waals surface area (Å²) in [5, 5.41) is 22.1. The minimum absolute atomic E-state index is 0.228. The molecule has 0 saturated carbocycles. The zero-order valence-corrected chi connectivity index (χ0v) is 14.4. The highest BCUT2D eigenvalue weighted by atomic mass is 79.9. The van der Waals surface area contributed by atoms with Gasteiger partial charge >= 0.3 is 0 Å². The quantitative estimate of drug-likeness (QED) is 0.834. The van der Waals surface area contributed by atoms with Crippen molar-refractivity contribution in [2.45, 2.75) is 44.8 Å². The number of aliphatic imine (C=N–C) groups is 1. The summed E-state index contributed by atoms with van der Waals surface area (Å²) in [6, 6.07) is 2.94. The number of hydrogen-bond acceptors (Lipinski definition) is 3. The predicted octanol–water partition coefficient (Wildman–Crippen LogP) is 3.72. The molecule has 120 valence electrons. The molecule has 2 N–H and O–H groups in total. The van der Waals surface area contributed by atoms with Crippen LogP contribution in [0.5, 0.6) is 0 Å². The minimum Gasteiger partial charge on any atom is -0.388 e. The smallest absolute Gasteiger partial charge is 0.129 e. The zero-order valence-electron chi connectivity index (χ0n) is 12.8. The van der Waals surface area contributed by atoms with E-state index in [1.807, 2.05) is 6.21 Å². The van der Waals surface area contributed by atoms with E-state index in [0.717, 1.165) is 19.4 Å². The summed E-state index contributed by atoms with van der Waals surface area (Å²) in [4.78, 5) is 4.23. The SMILES string of the molecule is CC1(C)C(O)c2c(F)ccc(Br)c2C1(O)CC1CC=NCC1. The van der Waals surface area contributed by atoms with Gasteiger partial charge in [-0.15, -0.1) is 0 Å². The van der Waals surface area contributed by atoms with E-state index in [1.54, 1.807) is 19.9 Å². The van der Waals surface area contributed by atoms with Crippen LogP contribution in [-0.4, -0.2) is 23.0 Å². The van der Waals surface area contributed by atoms with E-state index in [0.29, 0.717) is 16.5 Å². The van der Waals surface area contributed by atoms with E-state index in [1.165, 1.54) is 6.07 Å². The monoisotopic (exact) mass is 369 g/mol. The van der Waals surface area contributed by atoms with Crippen LogP contribution >= 0.6 is 15.9 Å². The second-order valence-electron chi connectivity index (χ2n) is 6.99. The van der Waals surface area contributed by atoms with E-state index in [-0.39, 0.29) is 11.5 Å². The van der Waals surface area contributed by atoms with Gasteiger partial charge in [0.05, 0.1) is 11.7 Å². The van der Waals surface area contributed by atoms with Gasteiger partial charge in [0.15, 0.2) is 0 Å². The molecular weight excluding hydrogens is 349 g/mol. The second-order valence-corrected chi connectivity index (χ2v) is 7.84. The Morgan fingerprint density at radius 3 is 2.77 bits per heavy atom. The fraction of sp³-hybridized carbons (Fsp3) is 0.588. The van der Waals surface area contributed by atoms with Gasteiger partial charge in [0, 0.05) is 27.6 Å². The first-order valence-electron chi connectivity index (χ1n) is 7.66. The van der Waals surface area contributed by atoms with Crippen molar-refractivity contribution in [3.8, 4) is 0 Å². The van der Waals surface area contributed by atoms with Gasteiger partial charge < -0.3 is 10.2 Å². The third-order valence-electron chi connectivity index (χ3n) is 5.40. The molecule has 3 nitrogen and oxygen atoms in total. The lowest BCUT2D eigenvalue weighted by Crippen LogP contribution is -2.42. The van der Waals surface area contributed by atoms with E-state index in [4.69, 9.17) is 0 Å². The van der Waals surface area contributed by atoms with Gasteiger partial charge in [-0.1, -0.05) is 29.8 Å². The van der Waals surface area contributed by atoms with Gasteiger partial charge in [-0.25, -0.2) is 4.39 Å². The molecule has 1 aliphatic heterocycles. The molecule has 0 amide bonds. The van der Waals surface area contributed by atoms with E-state index >= 15 is 0 Å². The van der Waals surface area contributed by atoms with Crippen LogP contribution in [0.4, 0.5) is 4.39 Å². The van der Waals surface area contributed by atoms with Gasteiger partial charge in [0.25, 0.3) is 0 Å². The average Bonchev–Trinajstić information content (AvgIpc) is 2.63. The van der Waals surface area contributed by atoms with E-state index < -0.39 is 22.9 Å². The summed E-state index contributed by atoms with van der Waals surface area (Å²) < 4.78 is 14.9. The molecule has 5 heteroatoms. The Morgan fingerprint density at radius 2 is 2.14 bits per heavy atom. The number of benzene rings is 1. The van der Waals surface area contributed by atoms with Crippen LogP contribution in [0.15, 0.2) is 21.6 Å². The summed E-state index contributed by atoms with van der Waals surface area (Å²) in [6.07, 6.45) is 3.10. The molecule has 1 aromatic rings. The standard InChI is InChI=1S/C17H21BrFNO2/c1-16(2)15(21)13-12(19)4-3-11(18)14(13)17(16,22)9-10-5-7-20-8-6-10/h3-4,7,10,15,21-22H,5-6,8-9H2,1-2H3. The lowest BCUT2D eigenvalue weighted by molar-refractivity contribution is -0.126. The predicted molar refractivity (Wildman–Crippen MR) is 87.4 cm³/mol. The Bertz CT molecular complexity index is 631. The summed E-state index contributed by atoms with van der Waals surface area (Å²) in [6.45, 7) is 4.38. The number of aliphatic hydroxyl groups is 2. The highest BCUT2D eigenvalue weighted by Gasteiger charge is 2.59. The molecule has 0 bridgehead atoms. The number of rotatable bonds is 2. The van der Waals surface area contributed by atoms with Crippen LogP contribution in [0, 0.1) is 17.2 Å². The molecule has 1 heterocycles. The number of fused-ring (bicyclic) bond motifs is 1. The molecule has 0 radical (unpaired) electrons.